The lowest BCUT2D eigenvalue weighted by molar-refractivity contribution is -0.121. The van der Waals surface area contributed by atoms with Crippen molar-refractivity contribution in [3.63, 3.8) is 0 Å². The Balaban J connectivity index is 2.00. The molecule has 0 aliphatic carbocycles. The van der Waals surface area contributed by atoms with E-state index in [-0.39, 0.29) is 34.9 Å². The van der Waals surface area contributed by atoms with Crippen LogP contribution in [0.25, 0.3) is 0 Å². The first-order valence-corrected chi connectivity index (χ1v) is 9.23. The summed E-state index contributed by atoms with van der Waals surface area (Å²) < 4.78 is 58.7. The van der Waals surface area contributed by atoms with E-state index in [1.807, 2.05) is 0 Å². The minimum Gasteiger partial charge on any atom is -0.495 e. The number of ether oxygens (including phenoxy) is 1. The van der Waals surface area contributed by atoms with Crippen molar-refractivity contribution in [2.75, 3.05) is 16.7 Å². The van der Waals surface area contributed by atoms with E-state index in [0.717, 1.165) is 23.1 Å². The number of benzene rings is 2. The predicted octanol–water partition coefficient (Wildman–Crippen LogP) is 2.43. The lowest BCUT2D eigenvalue weighted by atomic mass is 10.2. The molecule has 1 aliphatic rings. The highest BCUT2D eigenvalue weighted by Crippen LogP contribution is 2.34. The van der Waals surface area contributed by atoms with Crippen LogP contribution in [0, 0.1) is 11.6 Å². The Morgan fingerprint density at radius 2 is 1.67 bits per heavy atom. The zero-order chi connectivity index (χ0) is 19.8. The van der Waals surface area contributed by atoms with Crippen molar-refractivity contribution in [1.82, 2.24) is 0 Å². The number of amides is 2. The third-order valence-electron chi connectivity index (χ3n) is 3.92. The second kappa shape index (κ2) is 6.95. The molecule has 2 amide bonds. The number of carbonyl (C=O) groups excluding carboxylic acids is 2. The van der Waals surface area contributed by atoms with E-state index in [1.54, 1.807) is 0 Å². The van der Waals surface area contributed by atoms with E-state index < -0.39 is 33.5 Å². The minimum atomic E-state index is -4.20. The number of carbonyl (C=O) groups is 2. The quantitative estimate of drug-likeness (QED) is 0.784. The average molecular weight is 396 g/mol. The van der Waals surface area contributed by atoms with Gasteiger partial charge in [0.1, 0.15) is 5.75 Å². The molecule has 0 saturated carbocycles. The summed E-state index contributed by atoms with van der Waals surface area (Å²) in [4.78, 5) is 24.6. The normalized spacial score (nSPS) is 14.6. The molecule has 1 saturated heterocycles. The van der Waals surface area contributed by atoms with Gasteiger partial charge in [-0.1, -0.05) is 0 Å². The fourth-order valence-electron chi connectivity index (χ4n) is 2.63. The highest BCUT2D eigenvalue weighted by molar-refractivity contribution is 7.92. The molecule has 0 aromatic heterocycles. The van der Waals surface area contributed by atoms with E-state index in [2.05, 4.69) is 4.72 Å². The molecule has 1 fully saturated rings. The Labute approximate surface area is 153 Å². The molecule has 0 radical (unpaired) electrons. The highest BCUT2D eigenvalue weighted by atomic mass is 32.2. The third-order valence-corrected chi connectivity index (χ3v) is 5.30. The van der Waals surface area contributed by atoms with Crippen molar-refractivity contribution in [3.05, 3.63) is 48.0 Å². The molecule has 0 atom stereocenters. The van der Waals surface area contributed by atoms with Crippen LogP contribution in [0.4, 0.5) is 20.2 Å². The number of methoxy groups -OCH3 is 1. The SMILES string of the molecule is COc1ccc(S(=O)(=O)Nc2ccc(F)c(F)c2)cc1N1C(=O)CCC1=O. The second-order valence-corrected chi connectivity index (χ2v) is 7.37. The Kier molecular flexibility index (Phi) is 4.83. The van der Waals surface area contributed by atoms with E-state index >= 15 is 0 Å². The molecule has 0 spiro atoms. The van der Waals surface area contributed by atoms with E-state index in [0.29, 0.717) is 6.07 Å². The fourth-order valence-corrected chi connectivity index (χ4v) is 3.70. The van der Waals surface area contributed by atoms with Crippen molar-refractivity contribution in [1.29, 1.82) is 0 Å². The molecule has 142 valence electrons. The van der Waals surface area contributed by atoms with Gasteiger partial charge in [0.2, 0.25) is 11.8 Å². The van der Waals surface area contributed by atoms with Gasteiger partial charge in [0.05, 0.1) is 23.4 Å². The van der Waals surface area contributed by atoms with E-state index in [9.17, 15) is 26.8 Å². The van der Waals surface area contributed by atoms with Crippen LogP contribution >= 0.6 is 0 Å². The van der Waals surface area contributed by atoms with Gasteiger partial charge in [0.15, 0.2) is 11.6 Å². The molecule has 0 bridgehead atoms. The van der Waals surface area contributed by atoms with Gasteiger partial charge in [-0.25, -0.2) is 22.1 Å². The van der Waals surface area contributed by atoms with E-state index in [1.165, 1.54) is 19.2 Å². The molecule has 2 aromatic rings. The Morgan fingerprint density at radius 1 is 1.00 bits per heavy atom. The third kappa shape index (κ3) is 3.61. The minimum absolute atomic E-state index is 0.00170. The van der Waals surface area contributed by atoms with Crippen molar-refractivity contribution >= 4 is 33.2 Å². The number of nitrogens with one attached hydrogen (secondary N) is 1. The van der Waals surface area contributed by atoms with E-state index in [4.69, 9.17) is 4.74 Å². The van der Waals surface area contributed by atoms with Crippen molar-refractivity contribution in [2.24, 2.45) is 0 Å². The maximum absolute atomic E-state index is 13.3. The molecule has 1 N–H and O–H groups in total. The average Bonchev–Trinajstić information content (AvgIpc) is 2.95. The second-order valence-electron chi connectivity index (χ2n) is 5.69. The van der Waals surface area contributed by atoms with Gasteiger partial charge in [-0.2, -0.15) is 0 Å². The van der Waals surface area contributed by atoms with Crippen LogP contribution in [0.5, 0.6) is 5.75 Å². The molecular formula is C17H14F2N2O5S. The number of sulfonamides is 1. The predicted molar refractivity (Wildman–Crippen MR) is 91.9 cm³/mol. The molecule has 2 aromatic carbocycles. The van der Waals surface area contributed by atoms with Crippen LogP contribution < -0.4 is 14.4 Å². The Hall–Kier alpha value is -3.01. The largest absolute Gasteiger partial charge is 0.495 e. The Morgan fingerprint density at radius 3 is 2.26 bits per heavy atom. The molecule has 0 unspecified atom stereocenters. The first-order valence-electron chi connectivity index (χ1n) is 7.74. The number of halogens is 2. The van der Waals surface area contributed by atoms with Gasteiger partial charge in [-0.05, 0) is 30.3 Å². The van der Waals surface area contributed by atoms with Crippen molar-refractivity contribution < 1.29 is 31.5 Å². The summed E-state index contributed by atoms with van der Waals surface area (Å²) in [5, 5.41) is 0. The number of anilines is 2. The van der Waals surface area contributed by atoms with Gasteiger partial charge in [-0.15, -0.1) is 0 Å². The lowest BCUT2D eigenvalue weighted by Crippen LogP contribution is -2.29. The number of nitrogens with zero attached hydrogens (tertiary/aromatic N) is 1. The van der Waals surface area contributed by atoms with Gasteiger partial charge in [0, 0.05) is 18.9 Å². The first-order chi connectivity index (χ1) is 12.7. The molecule has 10 heteroatoms. The van der Waals surface area contributed by atoms with Gasteiger partial charge in [-0.3, -0.25) is 14.3 Å². The summed E-state index contributed by atoms with van der Waals surface area (Å²) in [6.07, 6.45) is 0.0398. The standard InChI is InChI=1S/C17H14F2N2O5S/c1-26-15-5-3-11(9-14(15)21-16(22)6-7-17(21)23)27(24,25)20-10-2-4-12(18)13(19)8-10/h2-5,8-9,20H,6-7H2,1H3. The summed E-state index contributed by atoms with van der Waals surface area (Å²) in [6, 6.07) is 6.17. The van der Waals surface area contributed by atoms with Crippen LogP contribution in [0.1, 0.15) is 12.8 Å². The molecule has 27 heavy (non-hydrogen) atoms. The van der Waals surface area contributed by atoms with Crippen LogP contribution in [-0.4, -0.2) is 27.3 Å². The number of imide groups is 1. The zero-order valence-corrected chi connectivity index (χ0v) is 14.8. The summed E-state index contributed by atoms with van der Waals surface area (Å²) >= 11 is 0. The maximum atomic E-state index is 13.3. The first kappa shape index (κ1) is 18.8. The Bertz CT molecular complexity index is 1020. The smallest absolute Gasteiger partial charge is 0.261 e. The summed E-state index contributed by atoms with van der Waals surface area (Å²) in [6.45, 7) is 0. The molecule has 1 aliphatic heterocycles. The van der Waals surface area contributed by atoms with Gasteiger partial charge in [0.25, 0.3) is 10.0 Å². The van der Waals surface area contributed by atoms with Gasteiger partial charge >= 0.3 is 0 Å². The number of hydrogen-bond acceptors (Lipinski definition) is 5. The lowest BCUT2D eigenvalue weighted by Gasteiger charge is -2.18. The molecular weight excluding hydrogens is 382 g/mol. The summed E-state index contributed by atoms with van der Waals surface area (Å²) in [7, 11) is -2.88. The zero-order valence-electron chi connectivity index (χ0n) is 14.0. The fraction of sp³-hybridized carbons (Fsp3) is 0.176. The van der Waals surface area contributed by atoms with Crippen molar-refractivity contribution in [3.8, 4) is 5.75 Å². The molecule has 1 heterocycles. The van der Waals surface area contributed by atoms with Crippen LogP contribution in [0.15, 0.2) is 41.3 Å². The van der Waals surface area contributed by atoms with Crippen LogP contribution in [-0.2, 0) is 19.6 Å². The van der Waals surface area contributed by atoms with Gasteiger partial charge < -0.3 is 4.74 Å². The maximum Gasteiger partial charge on any atom is 0.261 e. The van der Waals surface area contributed by atoms with Crippen LogP contribution in [0.2, 0.25) is 0 Å². The number of hydrogen-bond donors (Lipinski definition) is 1. The molecule has 7 nitrogen and oxygen atoms in total. The topological polar surface area (TPSA) is 92.8 Å². The van der Waals surface area contributed by atoms with Crippen molar-refractivity contribution in [2.45, 2.75) is 17.7 Å². The highest BCUT2D eigenvalue weighted by Gasteiger charge is 2.33. The summed E-state index contributed by atoms with van der Waals surface area (Å²) in [5.74, 6) is -3.12. The number of rotatable bonds is 5. The monoisotopic (exact) mass is 396 g/mol. The summed E-state index contributed by atoms with van der Waals surface area (Å²) in [5.41, 5.74) is -0.183. The van der Waals surface area contributed by atoms with Crippen LogP contribution in [0.3, 0.4) is 0 Å². The molecule has 3 rings (SSSR count).